The molecule has 0 saturated carbocycles. The summed E-state index contributed by atoms with van der Waals surface area (Å²) in [5, 5.41) is 0. The summed E-state index contributed by atoms with van der Waals surface area (Å²) >= 11 is 0. The van der Waals surface area contributed by atoms with E-state index < -0.39 is 5.91 Å². The van der Waals surface area contributed by atoms with Crippen molar-refractivity contribution in [2.75, 3.05) is 43.1 Å². The van der Waals surface area contributed by atoms with Crippen molar-refractivity contribution in [1.29, 1.82) is 0 Å². The summed E-state index contributed by atoms with van der Waals surface area (Å²) in [6.07, 6.45) is 4.94. The number of nitrogens with two attached hydrogens (primary N) is 1. The highest BCUT2D eigenvalue weighted by Gasteiger charge is 2.21. The third-order valence-corrected chi connectivity index (χ3v) is 3.96. The molecule has 3 heterocycles. The zero-order chi connectivity index (χ0) is 16.2. The van der Waals surface area contributed by atoms with Gasteiger partial charge in [0, 0.05) is 50.8 Å². The first-order valence-corrected chi connectivity index (χ1v) is 7.43. The maximum Gasteiger partial charge on any atom is 0.252 e. The standard InChI is InChI=1S/C16H19N5O2/c1-23-12-2-5-19-15(10-12)21-8-6-20(7-9-21)14-3-4-18-11-13(14)16(17)22/h2-5,10-11H,6-9H2,1H3,(H2,17,22). The average Bonchev–Trinajstić information content (AvgIpc) is 2.62. The minimum Gasteiger partial charge on any atom is -0.497 e. The second-order valence-corrected chi connectivity index (χ2v) is 5.29. The van der Waals surface area contributed by atoms with Crippen molar-refractivity contribution >= 4 is 17.4 Å². The lowest BCUT2D eigenvalue weighted by Gasteiger charge is -2.37. The molecular weight excluding hydrogens is 294 g/mol. The van der Waals surface area contributed by atoms with Crippen LogP contribution in [0.25, 0.3) is 0 Å². The monoisotopic (exact) mass is 313 g/mol. The Morgan fingerprint density at radius 2 is 1.91 bits per heavy atom. The van der Waals surface area contributed by atoms with Crippen LogP contribution in [0.15, 0.2) is 36.8 Å². The Hall–Kier alpha value is -2.83. The summed E-state index contributed by atoms with van der Waals surface area (Å²) in [6.45, 7) is 3.17. The summed E-state index contributed by atoms with van der Waals surface area (Å²) in [5.41, 5.74) is 6.73. The zero-order valence-corrected chi connectivity index (χ0v) is 13.0. The molecule has 0 atom stereocenters. The van der Waals surface area contributed by atoms with Gasteiger partial charge in [-0.25, -0.2) is 4.98 Å². The van der Waals surface area contributed by atoms with Crippen LogP contribution in [-0.2, 0) is 0 Å². The van der Waals surface area contributed by atoms with Gasteiger partial charge in [-0.2, -0.15) is 0 Å². The number of primary amides is 1. The van der Waals surface area contributed by atoms with Crippen molar-refractivity contribution < 1.29 is 9.53 Å². The van der Waals surface area contributed by atoms with Gasteiger partial charge in [-0.1, -0.05) is 0 Å². The third kappa shape index (κ3) is 3.18. The number of piperazine rings is 1. The molecule has 0 bridgehead atoms. The van der Waals surface area contributed by atoms with Crippen LogP contribution >= 0.6 is 0 Å². The van der Waals surface area contributed by atoms with Gasteiger partial charge < -0.3 is 20.3 Å². The minimum absolute atomic E-state index is 0.454. The van der Waals surface area contributed by atoms with Crippen molar-refractivity contribution in [3.05, 3.63) is 42.4 Å². The Balaban J connectivity index is 1.72. The number of aromatic nitrogens is 2. The van der Waals surface area contributed by atoms with Crippen molar-refractivity contribution in [2.45, 2.75) is 0 Å². The van der Waals surface area contributed by atoms with Gasteiger partial charge in [0.15, 0.2) is 0 Å². The van der Waals surface area contributed by atoms with Crippen molar-refractivity contribution in [3.63, 3.8) is 0 Å². The number of carbonyl (C=O) groups is 1. The highest BCUT2D eigenvalue weighted by Crippen LogP contribution is 2.23. The van der Waals surface area contributed by atoms with E-state index in [2.05, 4.69) is 19.8 Å². The molecule has 0 radical (unpaired) electrons. The predicted molar refractivity (Wildman–Crippen MR) is 88.0 cm³/mol. The van der Waals surface area contributed by atoms with E-state index in [9.17, 15) is 4.79 Å². The second-order valence-electron chi connectivity index (χ2n) is 5.29. The number of pyridine rings is 2. The summed E-state index contributed by atoms with van der Waals surface area (Å²) < 4.78 is 5.24. The molecule has 0 spiro atoms. The lowest BCUT2D eigenvalue weighted by Crippen LogP contribution is -2.47. The smallest absolute Gasteiger partial charge is 0.252 e. The van der Waals surface area contributed by atoms with Gasteiger partial charge in [0.2, 0.25) is 0 Å². The largest absolute Gasteiger partial charge is 0.497 e. The molecule has 2 aromatic heterocycles. The van der Waals surface area contributed by atoms with Gasteiger partial charge in [-0.15, -0.1) is 0 Å². The molecule has 1 fully saturated rings. The van der Waals surface area contributed by atoms with Crippen LogP contribution in [0, 0.1) is 0 Å². The lowest BCUT2D eigenvalue weighted by atomic mass is 10.2. The van der Waals surface area contributed by atoms with Gasteiger partial charge in [0.25, 0.3) is 5.91 Å². The Labute approximate surface area is 134 Å². The van der Waals surface area contributed by atoms with E-state index in [1.165, 1.54) is 6.20 Å². The summed E-state index contributed by atoms with van der Waals surface area (Å²) in [4.78, 5) is 24.3. The van der Waals surface area contributed by atoms with Crippen molar-refractivity contribution in [3.8, 4) is 5.75 Å². The highest BCUT2D eigenvalue weighted by atomic mass is 16.5. The molecule has 1 aliphatic rings. The second kappa shape index (κ2) is 6.51. The van der Waals surface area contributed by atoms with Crippen LogP contribution in [-0.4, -0.2) is 49.2 Å². The van der Waals surface area contributed by atoms with Crippen LogP contribution in [0.3, 0.4) is 0 Å². The van der Waals surface area contributed by atoms with E-state index in [-0.39, 0.29) is 0 Å². The fourth-order valence-corrected chi connectivity index (χ4v) is 2.73. The van der Waals surface area contributed by atoms with E-state index in [4.69, 9.17) is 10.5 Å². The topological polar surface area (TPSA) is 84.6 Å². The molecule has 7 nitrogen and oxygen atoms in total. The Morgan fingerprint density at radius 3 is 2.61 bits per heavy atom. The Kier molecular flexibility index (Phi) is 4.27. The fraction of sp³-hybridized carbons (Fsp3) is 0.312. The van der Waals surface area contributed by atoms with Crippen LogP contribution in [0.5, 0.6) is 5.75 Å². The van der Waals surface area contributed by atoms with Crippen LogP contribution in [0.4, 0.5) is 11.5 Å². The van der Waals surface area contributed by atoms with Gasteiger partial charge >= 0.3 is 0 Å². The number of nitrogens with zero attached hydrogens (tertiary/aromatic N) is 4. The number of ether oxygens (including phenoxy) is 1. The SMILES string of the molecule is COc1ccnc(N2CCN(c3ccncc3C(N)=O)CC2)c1. The number of carbonyl (C=O) groups excluding carboxylic acids is 1. The Morgan fingerprint density at radius 1 is 1.17 bits per heavy atom. The maximum absolute atomic E-state index is 11.5. The predicted octanol–water partition coefficient (Wildman–Crippen LogP) is 0.911. The fourth-order valence-electron chi connectivity index (χ4n) is 2.73. The number of hydrogen-bond acceptors (Lipinski definition) is 6. The molecule has 2 aromatic rings. The van der Waals surface area contributed by atoms with E-state index in [1.54, 1.807) is 19.5 Å². The van der Waals surface area contributed by atoms with Gasteiger partial charge in [-0.3, -0.25) is 9.78 Å². The molecule has 120 valence electrons. The first-order valence-electron chi connectivity index (χ1n) is 7.43. The average molecular weight is 313 g/mol. The Bertz CT molecular complexity index is 698. The van der Waals surface area contributed by atoms with E-state index in [0.29, 0.717) is 5.56 Å². The molecule has 1 saturated heterocycles. The molecule has 0 aromatic carbocycles. The lowest BCUT2D eigenvalue weighted by molar-refractivity contribution is 0.100. The number of amides is 1. The zero-order valence-electron chi connectivity index (χ0n) is 13.0. The molecule has 7 heteroatoms. The van der Waals surface area contributed by atoms with Crippen molar-refractivity contribution in [2.24, 2.45) is 5.73 Å². The molecule has 0 aliphatic carbocycles. The maximum atomic E-state index is 11.5. The first-order chi connectivity index (χ1) is 11.2. The van der Waals surface area contributed by atoms with Gasteiger partial charge in [0.1, 0.15) is 11.6 Å². The summed E-state index contributed by atoms with van der Waals surface area (Å²) in [7, 11) is 1.64. The first kappa shape index (κ1) is 15.1. The van der Waals surface area contributed by atoms with Crippen LogP contribution in [0.2, 0.25) is 0 Å². The third-order valence-electron chi connectivity index (χ3n) is 3.96. The van der Waals surface area contributed by atoms with E-state index in [0.717, 1.165) is 43.4 Å². The molecule has 1 aliphatic heterocycles. The van der Waals surface area contributed by atoms with Crippen LogP contribution < -0.4 is 20.3 Å². The normalized spacial score (nSPS) is 14.7. The molecule has 23 heavy (non-hydrogen) atoms. The van der Waals surface area contributed by atoms with Crippen LogP contribution in [0.1, 0.15) is 10.4 Å². The number of anilines is 2. The van der Waals surface area contributed by atoms with E-state index >= 15 is 0 Å². The molecular formula is C16H19N5O2. The highest BCUT2D eigenvalue weighted by molar-refractivity contribution is 5.98. The quantitative estimate of drug-likeness (QED) is 0.903. The van der Waals surface area contributed by atoms with Crippen molar-refractivity contribution in [1.82, 2.24) is 9.97 Å². The van der Waals surface area contributed by atoms with E-state index in [1.807, 2.05) is 18.2 Å². The molecule has 1 amide bonds. The number of methoxy groups -OCH3 is 1. The molecule has 2 N–H and O–H groups in total. The van der Waals surface area contributed by atoms with Gasteiger partial charge in [0.05, 0.1) is 18.4 Å². The summed E-state index contributed by atoms with van der Waals surface area (Å²) in [5.74, 6) is 1.24. The number of rotatable bonds is 4. The number of hydrogen-bond donors (Lipinski definition) is 1. The minimum atomic E-state index is -0.454. The van der Waals surface area contributed by atoms with Gasteiger partial charge in [-0.05, 0) is 12.1 Å². The summed E-state index contributed by atoms with van der Waals surface area (Å²) in [6, 6.07) is 5.59. The molecule has 0 unspecified atom stereocenters. The molecule has 3 rings (SSSR count).